The first-order valence-corrected chi connectivity index (χ1v) is 7.41. The van der Waals surface area contributed by atoms with Gasteiger partial charge >= 0.3 is 0 Å². The quantitative estimate of drug-likeness (QED) is 0.615. The smallest absolute Gasteiger partial charge is 0.141 e. The zero-order valence-electron chi connectivity index (χ0n) is 11.3. The van der Waals surface area contributed by atoms with Crippen molar-refractivity contribution in [1.29, 1.82) is 0 Å². The second kappa shape index (κ2) is 16.6. The van der Waals surface area contributed by atoms with E-state index in [0.29, 0.717) is 10.5 Å². The molecule has 0 amide bonds. The maximum absolute atomic E-state index is 7.14. The Morgan fingerprint density at radius 3 is 1.20 bits per heavy atom. The van der Waals surface area contributed by atoms with Gasteiger partial charge in [0.05, 0.1) is 0 Å². The maximum Gasteiger partial charge on any atom is 0.141 e. The van der Waals surface area contributed by atoms with Gasteiger partial charge in [-0.2, -0.15) is 0 Å². The van der Waals surface area contributed by atoms with Crippen LogP contribution in [-0.4, -0.2) is 39.8 Å². The molecule has 0 radical (unpaired) electrons. The van der Waals surface area contributed by atoms with Crippen molar-refractivity contribution in [3.05, 3.63) is 0 Å². The van der Waals surface area contributed by atoms with Gasteiger partial charge in [-0.05, 0) is 38.9 Å². The van der Waals surface area contributed by atoms with Crippen LogP contribution in [0.5, 0.6) is 0 Å². The highest BCUT2D eigenvalue weighted by Gasteiger charge is 2.01. The summed E-state index contributed by atoms with van der Waals surface area (Å²) >= 11 is 0. The molecule has 0 saturated carbocycles. The summed E-state index contributed by atoms with van der Waals surface area (Å²) in [6.07, 6.45) is 8.09. The standard InChI is InChI=1S/C12H27N.H4OSi/c1-4-7-10-13(11-8-5-2)12-9-6-3;1-2/h4-12H2,1-3H3;1H,2H3. The summed E-state index contributed by atoms with van der Waals surface area (Å²) in [6.45, 7) is 10.8. The predicted octanol–water partition coefficient (Wildman–Crippen LogP) is 1.95. The Morgan fingerprint density at radius 2 is 1.00 bits per heavy atom. The third-order valence-electron chi connectivity index (χ3n) is 2.48. The summed E-state index contributed by atoms with van der Waals surface area (Å²) in [5, 5.41) is 0. The average molecular weight is 233 g/mol. The molecule has 0 spiro atoms. The Kier molecular flexibility index (Phi) is 19.4. The molecule has 0 aliphatic heterocycles. The van der Waals surface area contributed by atoms with Crippen LogP contribution in [0.3, 0.4) is 0 Å². The van der Waals surface area contributed by atoms with E-state index in [-0.39, 0.29) is 0 Å². The van der Waals surface area contributed by atoms with Gasteiger partial charge in [0.1, 0.15) is 10.5 Å². The molecule has 15 heavy (non-hydrogen) atoms. The van der Waals surface area contributed by atoms with Crippen LogP contribution in [0.4, 0.5) is 0 Å². The van der Waals surface area contributed by atoms with Crippen LogP contribution < -0.4 is 0 Å². The fourth-order valence-electron chi connectivity index (χ4n) is 1.48. The fraction of sp³-hybridized carbons (Fsp3) is 1.00. The maximum atomic E-state index is 7.14. The zero-order valence-corrected chi connectivity index (χ0v) is 13.3. The normalized spacial score (nSPS) is 10.2. The topological polar surface area (TPSA) is 23.5 Å². The first kappa shape index (κ1) is 17.5. The first-order chi connectivity index (χ1) is 7.35. The van der Waals surface area contributed by atoms with Crippen LogP contribution >= 0.6 is 0 Å². The van der Waals surface area contributed by atoms with Crippen LogP contribution in [0.1, 0.15) is 59.3 Å². The van der Waals surface area contributed by atoms with Crippen LogP contribution in [0, 0.1) is 0 Å². The molecule has 0 heterocycles. The molecule has 2 nitrogen and oxygen atoms in total. The summed E-state index contributed by atoms with van der Waals surface area (Å²) in [5.41, 5.74) is 0. The van der Waals surface area contributed by atoms with E-state index in [1.54, 1.807) is 0 Å². The molecule has 0 fully saturated rings. The predicted molar refractivity (Wildman–Crippen MR) is 73.3 cm³/mol. The van der Waals surface area contributed by atoms with Gasteiger partial charge in [0.25, 0.3) is 0 Å². The second-order valence-corrected chi connectivity index (χ2v) is 3.90. The molecule has 0 bridgehead atoms. The second-order valence-electron chi connectivity index (χ2n) is 3.90. The monoisotopic (exact) mass is 233 g/mol. The van der Waals surface area contributed by atoms with Crippen molar-refractivity contribution in [2.45, 2.75) is 59.3 Å². The number of unbranched alkanes of at least 4 members (excludes halogenated alkanes) is 3. The van der Waals surface area contributed by atoms with Gasteiger partial charge in [-0.25, -0.2) is 0 Å². The summed E-state index contributed by atoms with van der Waals surface area (Å²) < 4.78 is 0. The van der Waals surface area contributed by atoms with Crippen LogP contribution in [0.25, 0.3) is 0 Å². The number of hydrogen-bond acceptors (Lipinski definition) is 2. The molecule has 0 aromatic carbocycles. The lowest BCUT2D eigenvalue weighted by molar-refractivity contribution is 0.261. The molecule has 0 rings (SSSR count). The lowest BCUT2D eigenvalue weighted by Gasteiger charge is -2.21. The molecule has 0 unspecified atom stereocenters. The minimum absolute atomic E-state index is 0.306. The van der Waals surface area contributed by atoms with Crippen molar-refractivity contribution >= 4 is 10.5 Å². The SMILES string of the molecule is CCCCN(CCCC)CCCC.O[SiH3]. The van der Waals surface area contributed by atoms with Crippen LogP contribution in [0.2, 0.25) is 0 Å². The van der Waals surface area contributed by atoms with Crippen molar-refractivity contribution in [2.24, 2.45) is 0 Å². The molecule has 3 heteroatoms. The average Bonchev–Trinajstić information content (AvgIpc) is 2.31. The lowest BCUT2D eigenvalue weighted by atomic mass is 10.2. The molecule has 0 atom stereocenters. The molecule has 0 aromatic heterocycles. The number of rotatable bonds is 9. The highest BCUT2D eigenvalue weighted by Crippen LogP contribution is 2.01. The Labute approximate surface area is 99.6 Å². The molecule has 94 valence electrons. The van der Waals surface area contributed by atoms with Crippen molar-refractivity contribution in [2.75, 3.05) is 19.6 Å². The van der Waals surface area contributed by atoms with E-state index in [2.05, 4.69) is 25.7 Å². The van der Waals surface area contributed by atoms with Gasteiger partial charge < -0.3 is 9.70 Å². The van der Waals surface area contributed by atoms with Crippen molar-refractivity contribution in [3.63, 3.8) is 0 Å². The summed E-state index contributed by atoms with van der Waals surface area (Å²) in [6, 6.07) is 0. The summed E-state index contributed by atoms with van der Waals surface area (Å²) in [4.78, 5) is 9.77. The fourth-order valence-corrected chi connectivity index (χ4v) is 1.48. The van der Waals surface area contributed by atoms with Gasteiger partial charge in [0, 0.05) is 0 Å². The van der Waals surface area contributed by atoms with Gasteiger partial charge in [-0.3, -0.25) is 0 Å². The molecule has 1 N–H and O–H groups in total. The Bertz CT molecular complexity index is 82.6. The molecule has 0 aliphatic rings. The van der Waals surface area contributed by atoms with Gasteiger partial charge in [0.2, 0.25) is 0 Å². The molecular formula is C12H31NOSi. The van der Waals surface area contributed by atoms with Gasteiger partial charge in [-0.15, -0.1) is 0 Å². The highest BCUT2D eigenvalue weighted by atomic mass is 28.2. The van der Waals surface area contributed by atoms with E-state index >= 15 is 0 Å². The minimum Gasteiger partial charge on any atom is -0.442 e. The molecule has 0 saturated heterocycles. The molecule has 0 aliphatic carbocycles. The largest absolute Gasteiger partial charge is 0.442 e. The van der Waals surface area contributed by atoms with E-state index in [9.17, 15) is 0 Å². The van der Waals surface area contributed by atoms with Gasteiger partial charge in [-0.1, -0.05) is 40.0 Å². The Hall–Kier alpha value is 0.137. The summed E-state index contributed by atoms with van der Waals surface area (Å²) in [5.74, 6) is 0. The lowest BCUT2D eigenvalue weighted by Crippen LogP contribution is -2.27. The first-order valence-electron chi connectivity index (χ1n) is 6.52. The Balaban J connectivity index is 0. The van der Waals surface area contributed by atoms with E-state index in [1.165, 1.54) is 58.2 Å². The highest BCUT2D eigenvalue weighted by molar-refractivity contribution is 5.95. The van der Waals surface area contributed by atoms with Crippen molar-refractivity contribution in [3.8, 4) is 0 Å². The van der Waals surface area contributed by atoms with Crippen LogP contribution in [-0.2, 0) is 0 Å². The molecule has 0 aromatic rings. The van der Waals surface area contributed by atoms with Crippen molar-refractivity contribution < 1.29 is 4.80 Å². The minimum atomic E-state index is 0.306. The van der Waals surface area contributed by atoms with Crippen LogP contribution in [0.15, 0.2) is 0 Å². The van der Waals surface area contributed by atoms with E-state index in [0.717, 1.165) is 0 Å². The van der Waals surface area contributed by atoms with E-state index in [4.69, 9.17) is 4.80 Å². The van der Waals surface area contributed by atoms with Gasteiger partial charge in [0.15, 0.2) is 0 Å². The zero-order chi connectivity index (χ0) is 11.9. The Morgan fingerprint density at radius 1 is 0.733 bits per heavy atom. The third kappa shape index (κ3) is 14.1. The van der Waals surface area contributed by atoms with Crippen molar-refractivity contribution in [1.82, 2.24) is 4.90 Å². The van der Waals surface area contributed by atoms with E-state index in [1.807, 2.05) is 0 Å². The molecular weight excluding hydrogens is 202 g/mol. The number of nitrogens with zero attached hydrogens (tertiary/aromatic N) is 1. The third-order valence-corrected chi connectivity index (χ3v) is 2.48. The number of hydrogen-bond donors (Lipinski definition) is 1. The summed E-state index contributed by atoms with van der Waals surface area (Å²) in [7, 11) is 0.306. The van der Waals surface area contributed by atoms with E-state index < -0.39 is 0 Å².